The van der Waals surface area contributed by atoms with Gasteiger partial charge in [0.05, 0.1) is 65.1 Å². The lowest BCUT2D eigenvalue weighted by atomic mass is 9.44. The lowest BCUT2D eigenvalue weighted by Crippen LogP contribution is -2.59. The van der Waals surface area contributed by atoms with Crippen LogP contribution in [-0.2, 0) is 132 Å². The van der Waals surface area contributed by atoms with E-state index >= 15 is 0 Å². The minimum Gasteiger partial charge on any atom is -0.748 e. The van der Waals surface area contributed by atoms with Gasteiger partial charge >= 0.3 is 67.9 Å². The number of amides is 1. The standard InChI is InChI=1S/C26H34F4O8S.C13H19F2NO4S.C10H10F2O8S.C10H16O4S.C9H14F2O6S.C9H8F2O6S/c1-23-8-7-16(31)11-15(23)12-19(32)22-17-5-3-14(24(17,2)20(33)13-18(22)23)4-6-21(34)38-10-9-25(27,28)26(29,30)39(35,36)37;14-13(15,21(18,19)20)11(17)16-7-12-4-8-1-9(5-12)3-10(2-8)6-12;11-10(12,21(15,16)17)9(14)20-5-1-4-3-2-18-8(13)6(3)7(5)19-4;1-9(2)7-3-4-10(9,8(11)5-7)6-15(12,13)14;2*10-9(11,18(14,15)16)5-17-8(13)6-1-3-7(12)4-2-6/h14-15,17-18,22H,3-13H2,1-2H3,(H,35,36,37);8-10H,1-7H2,(H,16,17)(H,18,19,20);3-7H,1-2H2,(H,15,16,17);7H,3-6H2,1-2H3,(H,12,13,14);6-7,12H,1-5H2,(H,14,15,16);1-4,12H,5H2,(H,14,15,16)/p-6/t14?,15?,17?,18?,22?,23-,24+;;;;;/m0...../s1. The zero-order valence-corrected chi connectivity index (χ0v) is 75.4. The Kier molecular flexibility index (Phi) is 32.0. The number of aliphatic hydroxyl groups excluding tert-OH is 1. The number of phenolic OH excluding ortho intramolecular Hbond substituents is 1. The number of fused-ring (bicyclic) bond motifs is 12. The Labute approximate surface area is 748 Å². The lowest BCUT2D eigenvalue weighted by Gasteiger charge is -2.58. The Hall–Kier alpha value is -6.94. The number of halogens is 12. The number of benzene rings is 1. The number of hydrogen-bond donors (Lipinski definition) is 3. The molecule has 3 heterocycles. The summed E-state index contributed by atoms with van der Waals surface area (Å²) in [5.41, 5.74) is -2.71. The monoisotopic (exact) mass is 2030 g/mol. The molecule has 0 radical (unpaired) electrons. The molecule has 3 aliphatic heterocycles. The zero-order valence-electron chi connectivity index (χ0n) is 70.5. The van der Waals surface area contributed by atoms with Gasteiger partial charge in [-0.05, 0) is 191 Å². The van der Waals surface area contributed by atoms with Crippen LogP contribution < -0.4 is 5.32 Å². The van der Waals surface area contributed by atoms with Gasteiger partial charge in [-0.15, -0.1) is 0 Å². The molecule has 12 unspecified atom stereocenters. The first kappa shape index (κ1) is 109. The van der Waals surface area contributed by atoms with Gasteiger partial charge in [0.2, 0.25) is 0 Å². The summed E-state index contributed by atoms with van der Waals surface area (Å²) in [6, 6.07) is 4.39. The van der Waals surface area contributed by atoms with Crippen LogP contribution in [0.2, 0.25) is 0 Å². The number of cyclic esters (lactones) is 1. The third-order valence-corrected chi connectivity index (χ3v) is 34.0. The third-order valence-electron chi connectivity index (χ3n) is 29.0. The van der Waals surface area contributed by atoms with Crippen LogP contribution in [0, 0.1) is 98.1 Å². The SMILES string of the molecule is CC1(C)C2CCC1(CS(=O)(=O)[O-])C(=O)C2.C[C@]12CCC(=O)CC1CC(=O)C1C2CC(=O)[C@]2(C)C(CCC(=O)OCCC(F)(F)C(F)(F)S(=O)(=O)[O-])CCC12.O=C(NCC12CC3CC(CC(C3)C1)C2)C(F)(F)S(=O)(=O)[O-].O=C(OCC(F)(F)S(=O)(=O)[O-])C1CCC(O)CC1.O=C(OCC(F)(F)S(=O)(=O)[O-])c1ccc(O)cc1.O=C1OCC2C3CC(OC(=O)C(F)(F)S(=O)(=O)[O-])C(O3)C12. The summed E-state index contributed by atoms with van der Waals surface area (Å²) in [5.74, 6) is -14.4. The van der Waals surface area contributed by atoms with E-state index < -0.39 is 208 Å². The maximum absolute atomic E-state index is 13.6. The van der Waals surface area contributed by atoms with Crippen molar-refractivity contribution in [3.8, 4) is 5.75 Å². The van der Waals surface area contributed by atoms with Crippen LogP contribution in [0.5, 0.6) is 5.75 Å². The Balaban J connectivity index is 0.000000185. The van der Waals surface area contributed by atoms with E-state index in [1.54, 1.807) is 0 Å². The molecule has 1 aromatic carbocycles. The number of carbonyl (C=O) groups is 10. The van der Waals surface area contributed by atoms with Gasteiger partial charge in [-0.1, -0.05) is 27.7 Å². The molecule has 3 N–H and O–H groups in total. The first-order valence-corrected chi connectivity index (χ1v) is 50.0. The molecule has 14 fully saturated rings. The summed E-state index contributed by atoms with van der Waals surface area (Å²) in [7, 11) is -34.8. The summed E-state index contributed by atoms with van der Waals surface area (Å²) in [4.78, 5) is 120. The van der Waals surface area contributed by atoms with E-state index in [9.17, 15) is 184 Å². The number of ketones is 4. The molecule has 8 bridgehead atoms. The van der Waals surface area contributed by atoms with Crippen molar-refractivity contribution in [3.63, 3.8) is 0 Å². The van der Waals surface area contributed by atoms with Gasteiger partial charge in [0, 0.05) is 74.2 Å². The summed E-state index contributed by atoms with van der Waals surface area (Å²) in [5, 5.41) is -5.10. The zero-order chi connectivity index (χ0) is 99.7. The average Bonchev–Trinajstić information content (AvgIpc) is 1.40. The first-order valence-electron chi connectivity index (χ1n) is 41.4. The predicted octanol–water partition coefficient (Wildman–Crippen LogP) is 6.35. The van der Waals surface area contributed by atoms with Crippen molar-refractivity contribution in [2.45, 2.75) is 238 Å². The van der Waals surface area contributed by atoms with Crippen LogP contribution >= 0.6 is 0 Å². The Morgan fingerprint density at radius 1 is 0.591 bits per heavy atom. The lowest BCUT2D eigenvalue weighted by molar-refractivity contribution is -0.175. The van der Waals surface area contributed by atoms with Crippen LogP contribution in [0.15, 0.2) is 24.3 Å². The molecular weight excluding hydrogens is 1940 g/mol. The highest BCUT2D eigenvalue weighted by Crippen LogP contribution is 2.68. The van der Waals surface area contributed by atoms with E-state index in [1.165, 1.54) is 19.3 Å². The highest BCUT2D eigenvalue weighted by Gasteiger charge is 2.69. The molecule has 1 amide bonds. The Bertz CT molecular complexity index is 5280. The molecule has 3 saturated heterocycles. The molecule has 132 heavy (non-hydrogen) atoms. The van der Waals surface area contributed by atoms with Gasteiger partial charge in [-0.2, -0.15) is 52.7 Å². The molecule has 11 aliphatic carbocycles. The van der Waals surface area contributed by atoms with Crippen LogP contribution in [0.25, 0.3) is 0 Å². The number of rotatable bonds is 25. The van der Waals surface area contributed by atoms with E-state index in [0.29, 0.717) is 82.0 Å². The second-order valence-electron chi connectivity index (χ2n) is 37.2. The molecule has 750 valence electrons. The molecule has 0 aromatic heterocycles. The van der Waals surface area contributed by atoms with Gasteiger partial charge in [-0.25, -0.2) is 60.1 Å². The highest BCUT2D eigenvalue weighted by molar-refractivity contribution is 7.88. The maximum atomic E-state index is 13.6. The van der Waals surface area contributed by atoms with Gasteiger partial charge in [-0.3, -0.25) is 38.4 Å². The van der Waals surface area contributed by atoms with Crippen molar-refractivity contribution in [2.75, 3.05) is 38.7 Å². The largest absolute Gasteiger partial charge is 0.748 e. The number of phenols is 1. The average molecular weight is 2030 g/mol. The van der Waals surface area contributed by atoms with E-state index in [2.05, 4.69) is 25.9 Å². The molecule has 15 rings (SSSR count). The Morgan fingerprint density at radius 3 is 1.64 bits per heavy atom. The van der Waals surface area contributed by atoms with Crippen molar-refractivity contribution in [3.05, 3.63) is 29.8 Å². The summed E-state index contributed by atoms with van der Waals surface area (Å²) in [6.45, 7) is 3.09. The van der Waals surface area contributed by atoms with Gasteiger partial charge in [0.1, 0.15) is 41.1 Å². The van der Waals surface area contributed by atoms with Crippen molar-refractivity contribution < 1.29 is 217 Å². The minimum absolute atomic E-state index is 0.0110. The van der Waals surface area contributed by atoms with Crippen molar-refractivity contribution in [2.24, 2.45) is 98.1 Å². The predicted molar refractivity (Wildman–Crippen MR) is 409 cm³/mol. The van der Waals surface area contributed by atoms with Crippen LogP contribution in [0.3, 0.4) is 0 Å². The molecule has 0 spiro atoms. The van der Waals surface area contributed by atoms with E-state index in [4.69, 9.17) is 14.6 Å². The number of aliphatic hydroxyl groups is 1. The number of esters is 5. The maximum Gasteiger partial charge on any atom is 0.428 e. The topological polar surface area (TPSA) is 622 Å². The second kappa shape index (κ2) is 38.8. The fourth-order valence-corrected chi connectivity index (χ4v) is 24.7. The number of hydrogen-bond acceptors (Lipinski definition) is 36. The summed E-state index contributed by atoms with van der Waals surface area (Å²) in [6.07, 6.45) is 7.49. The summed E-state index contributed by atoms with van der Waals surface area (Å²) >= 11 is 0. The molecule has 14 atom stereocenters. The molecule has 37 nitrogen and oxygen atoms in total. The second-order valence-corrected chi connectivity index (χ2v) is 45.9. The number of carbonyl (C=O) groups excluding carboxylic acids is 10. The van der Waals surface area contributed by atoms with Crippen molar-refractivity contribution >= 4 is 120 Å². The molecule has 11 saturated carbocycles. The smallest absolute Gasteiger partial charge is 0.428 e. The number of ether oxygens (including phenoxy) is 6. The van der Waals surface area contributed by atoms with Crippen LogP contribution in [-0.4, -0.2) is 242 Å². The fourth-order valence-electron chi connectivity index (χ4n) is 22.0. The summed E-state index contributed by atoms with van der Waals surface area (Å²) < 4.78 is 371. The van der Waals surface area contributed by atoms with E-state index in [0.717, 1.165) is 49.9 Å². The first-order chi connectivity index (χ1) is 60.1. The minimum atomic E-state index is -6.63. The number of Topliss-reactive ketones (excluding diaryl/α,β-unsaturated/α-hetero) is 4. The van der Waals surface area contributed by atoms with Gasteiger partial charge in [0.25, 0.3) is 0 Å². The molecule has 1 aromatic rings. The third kappa shape index (κ3) is 22.9. The van der Waals surface area contributed by atoms with Crippen molar-refractivity contribution in [1.82, 2.24) is 5.32 Å². The molecule has 14 aliphatic rings. The molecular formula is C77H95F12NO36S6-6. The number of nitrogens with one attached hydrogen (secondary N) is 1. The highest BCUT2D eigenvalue weighted by atomic mass is 32.2. The number of alkyl halides is 12. The van der Waals surface area contributed by atoms with Crippen LogP contribution in [0.1, 0.15) is 192 Å². The van der Waals surface area contributed by atoms with E-state index in [-0.39, 0.29) is 144 Å². The van der Waals surface area contributed by atoms with Crippen LogP contribution in [0.4, 0.5) is 52.7 Å². The molecule has 55 heteroatoms. The quantitative estimate of drug-likeness (QED) is 0.0415. The van der Waals surface area contributed by atoms with Gasteiger partial charge < -0.3 is 71.3 Å². The Morgan fingerprint density at radius 2 is 1.14 bits per heavy atom. The van der Waals surface area contributed by atoms with Crippen molar-refractivity contribution in [1.29, 1.82) is 0 Å². The number of aromatic hydroxyl groups is 1. The van der Waals surface area contributed by atoms with Gasteiger partial charge in [0.15, 0.2) is 63.8 Å². The fraction of sp³-hybridized carbons (Fsp3) is 0.792. The normalized spacial score (nSPS) is 32.8. The van der Waals surface area contributed by atoms with E-state index in [1.807, 2.05) is 26.1 Å².